The van der Waals surface area contributed by atoms with Crippen molar-refractivity contribution < 1.29 is 9.90 Å². The zero-order chi connectivity index (χ0) is 11.4. The minimum absolute atomic E-state index is 0.0855. The van der Waals surface area contributed by atoms with Gasteiger partial charge in [0.2, 0.25) is 0 Å². The van der Waals surface area contributed by atoms with Crippen molar-refractivity contribution in [1.29, 1.82) is 5.26 Å². The Morgan fingerprint density at radius 1 is 1.47 bits per heavy atom. The van der Waals surface area contributed by atoms with Crippen molar-refractivity contribution in [1.82, 2.24) is 0 Å². The smallest absolute Gasteiger partial charge is 0.307 e. The molecule has 0 heterocycles. The van der Waals surface area contributed by atoms with Crippen LogP contribution in [0.3, 0.4) is 0 Å². The van der Waals surface area contributed by atoms with E-state index in [0.29, 0.717) is 20.9 Å². The van der Waals surface area contributed by atoms with Crippen molar-refractivity contribution >= 4 is 37.8 Å². The normalized spacial score (nSPS) is 9.67. The molecule has 0 aliphatic carbocycles. The maximum absolute atomic E-state index is 10.6. The van der Waals surface area contributed by atoms with E-state index in [-0.39, 0.29) is 6.42 Å². The topological polar surface area (TPSA) is 61.1 Å². The van der Waals surface area contributed by atoms with Crippen LogP contribution in [-0.4, -0.2) is 11.1 Å². The Balaban J connectivity index is 3.24. The van der Waals surface area contributed by atoms with Gasteiger partial charge in [0.05, 0.1) is 12.0 Å². The summed E-state index contributed by atoms with van der Waals surface area (Å²) in [6.07, 6.45) is -0.0855. The van der Waals surface area contributed by atoms with Gasteiger partial charge in [0.15, 0.2) is 0 Å². The van der Waals surface area contributed by atoms with Gasteiger partial charge in [-0.25, -0.2) is 0 Å². The summed E-state index contributed by atoms with van der Waals surface area (Å²) in [7, 11) is 0. The van der Waals surface area contributed by atoms with Gasteiger partial charge in [0.1, 0.15) is 6.07 Å². The van der Waals surface area contributed by atoms with Gasteiger partial charge in [-0.1, -0.05) is 28.1 Å². The van der Waals surface area contributed by atoms with Gasteiger partial charge in [-0.3, -0.25) is 4.79 Å². The first-order valence-electron chi connectivity index (χ1n) is 4.08. The van der Waals surface area contributed by atoms with Crippen molar-refractivity contribution in [2.45, 2.75) is 11.8 Å². The maximum atomic E-state index is 10.6. The fraction of sp³-hybridized carbons (Fsp3) is 0.200. The number of carboxylic acids is 1. The molecule has 0 aromatic heterocycles. The second-order valence-corrected chi connectivity index (χ2v) is 4.24. The molecule has 0 spiro atoms. The van der Waals surface area contributed by atoms with Crippen LogP contribution in [0.2, 0.25) is 0 Å². The summed E-state index contributed by atoms with van der Waals surface area (Å²) in [6, 6.07) is 5.54. The van der Waals surface area contributed by atoms with Gasteiger partial charge in [0.25, 0.3) is 0 Å². The van der Waals surface area contributed by atoms with Crippen LogP contribution in [0.15, 0.2) is 16.6 Å². The summed E-state index contributed by atoms with van der Waals surface area (Å²) in [5, 5.41) is 18.2. The first-order valence-corrected chi connectivity index (χ1v) is 5.99. The third kappa shape index (κ3) is 2.80. The summed E-state index contributed by atoms with van der Waals surface area (Å²) in [6.45, 7) is 0. The third-order valence-electron chi connectivity index (χ3n) is 1.91. The highest BCUT2D eigenvalue weighted by Gasteiger charge is 2.12. The van der Waals surface area contributed by atoms with Gasteiger partial charge in [-0.05, 0) is 27.1 Å². The number of carbonyl (C=O) groups is 1. The number of halogens is 2. The molecular formula is C10H7Br2NO2. The third-order valence-corrected chi connectivity index (χ3v) is 3.42. The molecule has 1 aromatic carbocycles. The van der Waals surface area contributed by atoms with Crippen molar-refractivity contribution in [2.24, 2.45) is 0 Å². The fourth-order valence-corrected chi connectivity index (χ4v) is 2.27. The van der Waals surface area contributed by atoms with Crippen LogP contribution in [0.5, 0.6) is 0 Å². The highest BCUT2D eigenvalue weighted by Crippen LogP contribution is 2.26. The van der Waals surface area contributed by atoms with E-state index in [4.69, 9.17) is 10.4 Å². The van der Waals surface area contributed by atoms with Crippen molar-refractivity contribution in [2.75, 3.05) is 0 Å². The minimum Gasteiger partial charge on any atom is -0.481 e. The zero-order valence-corrected chi connectivity index (χ0v) is 10.8. The lowest BCUT2D eigenvalue weighted by Gasteiger charge is -2.06. The molecule has 0 aliphatic heterocycles. The Kier molecular flexibility index (Phi) is 4.30. The van der Waals surface area contributed by atoms with Gasteiger partial charge in [-0.2, -0.15) is 5.26 Å². The first kappa shape index (κ1) is 12.2. The van der Waals surface area contributed by atoms with Crippen LogP contribution in [0, 0.1) is 11.3 Å². The lowest BCUT2D eigenvalue weighted by atomic mass is 10.0. The van der Waals surface area contributed by atoms with Gasteiger partial charge in [-0.15, -0.1) is 0 Å². The van der Waals surface area contributed by atoms with Crippen molar-refractivity contribution in [3.63, 3.8) is 0 Å². The van der Waals surface area contributed by atoms with Gasteiger partial charge in [0, 0.05) is 9.80 Å². The number of hydrogen-bond acceptors (Lipinski definition) is 2. The Morgan fingerprint density at radius 3 is 2.53 bits per heavy atom. The summed E-state index contributed by atoms with van der Waals surface area (Å²) in [5.41, 5.74) is 1.95. The van der Waals surface area contributed by atoms with Crippen LogP contribution in [0.1, 0.15) is 16.7 Å². The summed E-state index contributed by atoms with van der Waals surface area (Å²) in [4.78, 5) is 10.6. The molecule has 0 saturated heterocycles. The molecule has 5 heteroatoms. The summed E-state index contributed by atoms with van der Waals surface area (Å²) in [5.74, 6) is -0.911. The van der Waals surface area contributed by atoms with Crippen molar-refractivity contribution in [3.05, 3.63) is 33.3 Å². The SMILES string of the molecule is N#Cc1c(CBr)ccc(CC(=O)O)c1Br. The van der Waals surface area contributed by atoms with E-state index in [1.807, 2.05) is 0 Å². The van der Waals surface area contributed by atoms with Crippen LogP contribution < -0.4 is 0 Å². The molecule has 0 bridgehead atoms. The van der Waals surface area contributed by atoms with Crippen LogP contribution in [-0.2, 0) is 16.5 Å². The van der Waals surface area contributed by atoms with E-state index in [2.05, 4.69) is 37.9 Å². The number of hydrogen-bond donors (Lipinski definition) is 1. The number of nitriles is 1. The molecule has 0 radical (unpaired) electrons. The zero-order valence-electron chi connectivity index (χ0n) is 7.63. The largest absolute Gasteiger partial charge is 0.481 e. The number of alkyl halides is 1. The number of rotatable bonds is 3. The lowest BCUT2D eigenvalue weighted by Crippen LogP contribution is -2.02. The molecule has 0 aliphatic rings. The maximum Gasteiger partial charge on any atom is 0.307 e. The highest BCUT2D eigenvalue weighted by atomic mass is 79.9. The predicted octanol–water partition coefficient (Wildman–Crippen LogP) is 2.84. The Morgan fingerprint density at radius 2 is 2.07 bits per heavy atom. The van der Waals surface area contributed by atoms with Gasteiger partial charge < -0.3 is 5.11 Å². The molecule has 15 heavy (non-hydrogen) atoms. The van der Waals surface area contributed by atoms with E-state index in [9.17, 15) is 4.79 Å². The monoisotopic (exact) mass is 331 g/mol. The van der Waals surface area contributed by atoms with E-state index in [1.54, 1.807) is 12.1 Å². The predicted molar refractivity (Wildman–Crippen MR) is 62.8 cm³/mol. The van der Waals surface area contributed by atoms with Crippen LogP contribution in [0.4, 0.5) is 0 Å². The molecule has 0 fully saturated rings. The molecule has 78 valence electrons. The van der Waals surface area contributed by atoms with E-state index in [0.717, 1.165) is 5.56 Å². The van der Waals surface area contributed by atoms with Crippen LogP contribution >= 0.6 is 31.9 Å². The second-order valence-electron chi connectivity index (χ2n) is 2.89. The van der Waals surface area contributed by atoms with E-state index < -0.39 is 5.97 Å². The molecule has 1 aromatic rings. The van der Waals surface area contributed by atoms with Gasteiger partial charge >= 0.3 is 5.97 Å². The molecule has 0 amide bonds. The molecule has 0 saturated carbocycles. The molecule has 1 N–H and O–H groups in total. The molecule has 0 atom stereocenters. The number of benzene rings is 1. The number of aliphatic carboxylic acids is 1. The molecule has 1 rings (SSSR count). The minimum atomic E-state index is -0.911. The molecule has 3 nitrogen and oxygen atoms in total. The first-order chi connectivity index (χ1) is 7.10. The Bertz CT molecular complexity index is 438. The van der Waals surface area contributed by atoms with Crippen LogP contribution in [0.25, 0.3) is 0 Å². The number of carboxylic acid groups (broad SMARTS) is 1. The molecule has 0 unspecified atom stereocenters. The molecular weight excluding hydrogens is 326 g/mol. The quantitative estimate of drug-likeness (QED) is 0.866. The Labute approximate surface area is 104 Å². The average molecular weight is 333 g/mol. The average Bonchev–Trinajstić information content (AvgIpc) is 2.20. The second kappa shape index (κ2) is 5.29. The summed E-state index contributed by atoms with van der Waals surface area (Å²) < 4.78 is 0.573. The Hall–Kier alpha value is -0.860. The van der Waals surface area contributed by atoms with Crippen molar-refractivity contribution in [3.8, 4) is 6.07 Å². The number of nitrogens with zero attached hydrogens (tertiary/aromatic N) is 1. The standard InChI is InChI=1S/C10H7Br2NO2/c11-4-7-2-1-6(3-9(14)15)10(12)8(7)5-13/h1-2H,3-4H2,(H,14,15). The fourth-order valence-electron chi connectivity index (χ4n) is 1.19. The lowest BCUT2D eigenvalue weighted by molar-refractivity contribution is -0.136. The summed E-state index contributed by atoms with van der Waals surface area (Å²) >= 11 is 6.53. The van der Waals surface area contributed by atoms with E-state index in [1.165, 1.54) is 0 Å². The van der Waals surface area contributed by atoms with E-state index >= 15 is 0 Å². The highest BCUT2D eigenvalue weighted by molar-refractivity contribution is 9.10.